The summed E-state index contributed by atoms with van der Waals surface area (Å²) in [5, 5.41) is 10.7. The Morgan fingerprint density at radius 2 is 2.43 bits per heavy atom. The largest absolute Gasteiger partial charge is 0.407 e. The Bertz CT molecular complexity index is 309. The van der Waals surface area contributed by atoms with E-state index in [9.17, 15) is 0 Å². The van der Waals surface area contributed by atoms with Crippen LogP contribution in [-0.4, -0.2) is 29.0 Å². The predicted molar refractivity (Wildman–Crippen MR) is 51.3 cm³/mol. The molecule has 1 aromatic rings. The number of alkyl halides is 1. The molecule has 78 valence electrons. The summed E-state index contributed by atoms with van der Waals surface area (Å²) in [6, 6.07) is 0.411. The highest BCUT2D eigenvalue weighted by Gasteiger charge is 2.31. The van der Waals surface area contributed by atoms with E-state index in [1.165, 1.54) is 0 Å². The van der Waals surface area contributed by atoms with Gasteiger partial charge in [-0.2, -0.15) is 0 Å². The number of hydrogen-bond acceptors (Lipinski definition) is 5. The maximum atomic E-state index is 5.54. The fraction of sp³-hybridized carbons (Fsp3) is 0.750. The molecule has 0 aromatic carbocycles. The molecule has 0 bridgehead atoms. The lowest BCUT2D eigenvalue weighted by atomic mass is 10.0. The highest BCUT2D eigenvalue weighted by atomic mass is 35.5. The van der Waals surface area contributed by atoms with Crippen molar-refractivity contribution in [2.24, 2.45) is 0 Å². The number of rotatable bonds is 3. The summed E-state index contributed by atoms with van der Waals surface area (Å²) < 4.78 is 10.5. The highest BCUT2D eigenvalue weighted by Crippen LogP contribution is 2.22. The fourth-order valence-electron chi connectivity index (χ4n) is 1.38. The maximum absolute atomic E-state index is 5.54. The fourth-order valence-corrected chi connectivity index (χ4v) is 1.49. The summed E-state index contributed by atoms with van der Waals surface area (Å²) >= 11 is 5.54. The zero-order chi connectivity index (χ0) is 10.0. The van der Waals surface area contributed by atoms with E-state index in [-0.39, 0.29) is 11.4 Å². The van der Waals surface area contributed by atoms with Gasteiger partial charge < -0.3 is 14.5 Å². The van der Waals surface area contributed by atoms with Crippen LogP contribution in [-0.2, 0) is 10.6 Å². The van der Waals surface area contributed by atoms with E-state index in [0.717, 1.165) is 13.0 Å². The molecular formula is C8H12ClN3O2. The van der Waals surface area contributed by atoms with E-state index in [2.05, 4.69) is 22.4 Å². The van der Waals surface area contributed by atoms with Gasteiger partial charge in [0.1, 0.15) is 5.88 Å². The molecule has 1 aromatic heterocycles. The minimum Gasteiger partial charge on any atom is -0.407 e. The van der Waals surface area contributed by atoms with Crippen molar-refractivity contribution in [2.45, 2.75) is 24.8 Å². The minimum absolute atomic E-state index is 0.101. The second-order valence-corrected chi connectivity index (χ2v) is 3.89. The average Bonchev–Trinajstić information content (AvgIpc) is 2.75. The molecule has 0 amide bonds. The Morgan fingerprint density at radius 3 is 3.00 bits per heavy atom. The second-order valence-electron chi connectivity index (χ2n) is 3.62. The minimum atomic E-state index is -0.101. The molecule has 1 atom stereocenters. The lowest BCUT2D eigenvalue weighted by Crippen LogP contribution is -2.35. The SMILES string of the molecule is CC1(Nc2nnc(CCl)o2)CCOC1. The zero-order valence-electron chi connectivity index (χ0n) is 7.92. The van der Waals surface area contributed by atoms with E-state index in [1.807, 2.05) is 0 Å². The van der Waals surface area contributed by atoms with Crippen molar-refractivity contribution >= 4 is 17.6 Å². The maximum Gasteiger partial charge on any atom is 0.316 e. The van der Waals surface area contributed by atoms with Crippen LogP contribution in [0.15, 0.2) is 4.42 Å². The van der Waals surface area contributed by atoms with Gasteiger partial charge in [-0.25, -0.2) is 0 Å². The Labute approximate surface area is 86.8 Å². The van der Waals surface area contributed by atoms with Crippen molar-refractivity contribution in [1.29, 1.82) is 0 Å². The normalized spacial score (nSPS) is 26.7. The van der Waals surface area contributed by atoms with E-state index in [0.29, 0.717) is 18.5 Å². The van der Waals surface area contributed by atoms with Gasteiger partial charge in [-0.3, -0.25) is 0 Å². The second kappa shape index (κ2) is 3.74. The topological polar surface area (TPSA) is 60.2 Å². The van der Waals surface area contributed by atoms with Crippen LogP contribution in [0, 0.1) is 0 Å². The van der Waals surface area contributed by atoms with Crippen LogP contribution >= 0.6 is 11.6 Å². The molecule has 0 aliphatic carbocycles. The van der Waals surface area contributed by atoms with Gasteiger partial charge in [-0.1, -0.05) is 5.10 Å². The number of anilines is 1. The van der Waals surface area contributed by atoms with Crippen LogP contribution in [0.2, 0.25) is 0 Å². The number of hydrogen-bond donors (Lipinski definition) is 1. The summed E-state index contributed by atoms with van der Waals surface area (Å²) in [5.41, 5.74) is -0.101. The third kappa shape index (κ3) is 1.99. The van der Waals surface area contributed by atoms with Crippen molar-refractivity contribution < 1.29 is 9.15 Å². The van der Waals surface area contributed by atoms with Gasteiger partial charge >= 0.3 is 6.01 Å². The number of nitrogens with zero attached hydrogens (tertiary/aromatic N) is 2. The number of aromatic nitrogens is 2. The zero-order valence-corrected chi connectivity index (χ0v) is 8.67. The van der Waals surface area contributed by atoms with Crippen molar-refractivity contribution in [1.82, 2.24) is 10.2 Å². The molecule has 14 heavy (non-hydrogen) atoms. The molecule has 1 N–H and O–H groups in total. The molecule has 0 radical (unpaired) electrons. The number of halogens is 1. The van der Waals surface area contributed by atoms with Gasteiger partial charge in [-0.15, -0.1) is 16.7 Å². The lowest BCUT2D eigenvalue weighted by molar-refractivity contribution is 0.184. The van der Waals surface area contributed by atoms with E-state index in [4.69, 9.17) is 20.8 Å². The van der Waals surface area contributed by atoms with Crippen molar-refractivity contribution in [2.75, 3.05) is 18.5 Å². The Morgan fingerprint density at radius 1 is 1.57 bits per heavy atom. The van der Waals surface area contributed by atoms with Crippen molar-refractivity contribution in [3.63, 3.8) is 0 Å². The smallest absolute Gasteiger partial charge is 0.316 e. The molecule has 0 spiro atoms. The average molecular weight is 218 g/mol. The van der Waals surface area contributed by atoms with Gasteiger partial charge in [-0.05, 0) is 13.3 Å². The predicted octanol–water partition coefficient (Wildman–Crippen LogP) is 1.40. The molecule has 1 fully saturated rings. The van der Waals surface area contributed by atoms with Gasteiger partial charge in [0.25, 0.3) is 0 Å². The van der Waals surface area contributed by atoms with E-state index in [1.54, 1.807) is 0 Å². The summed E-state index contributed by atoms with van der Waals surface area (Å²) in [6.45, 7) is 3.48. The van der Waals surface area contributed by atoms with Crippen LogP contribution < -0.4 is 5.32 Å². The van der Waals surface area contributed by atoms with Gasteiger partial charge in [0.2, 0.25) is 5.89 Å². The van der Waals surface area contributed by atoms with Crippen molar-refractivity contribution in [3.8, 4) is 0 Å². The summed E-state index contributed by atoms with van der Waals surface area (Å²) in [7, 11) is 0. The quantitative estimate of drug-likeness (QED) is 0.776. The van der Waals surface area contributed by atoms with E-state index >= 15 is 0 Å². The first-order valence-electron chi connectivity index (χ1n) is 4.46. The molecule has 1 aliphatic heterocycles. The van der Waals surface area contributed by atoms with Crippen molar-refractivity contribution in [3.05, 3.63) is 5.89 Å². The molecule has 1 aliphatic rings. The molecule has 5 nitrogen and oxygen atoms in total. The molecule has 2 rings (SSSR count). The van der Waals surface area contributed by atoms with Crippen LogP contribution in [0.5, 0.6) is 0 Å². The van der Waals surface area contributed by atoms with Crippen LogP contribution in [0.25, 0.3) is 0 Å². The molecule has 1 unspecified atom stereocenters. The third-order valence-corrected chi connectivity index (χ3v) is 2.44. The molecule has 0 saturated carbocycles. The lowest BCUT2D eigenvalue weighted by Gasteiger charge is -2.21. The van der Waals surface area contributed by atoms with Crippen LogP contribution in [0.4, 0.5) is 6.01 Å². The highest BCUT2D eigenvalue weighted by molar-refractivity contribution is 6.16. The Balaban J connectivity index is 2.02. The summed E-state index contributed by atoms with van der Waals surface area (Å²) in [5.74, 6) is 0.665. The van der Waals surface area contributed by atoms with Crippen LogP contribution in [0.1, 0.15) is 19.2 Å². The summed E-state index contributed by atoms with van der Waals surface area (Å²) in [6.07, 6.45) is 0.936. The monoisotopic (exact) mass is 217 g/mol. The van der Waals surface area contributed by atoms with Gasteiger partial charge in [0.05, 0.1) is 12.1 Å². The third-order valence-electron chi connectivity index (χ3n) is 2.21. The first-order chi connectivity index (χ1) is 6.72. The molecule has 2 heterocycles. The van der Waals surface area contributed by atoms with Crippen LogP contribution in [0.3, 0.4) is 0 Å². The number of ether oxygens (including phenoxy) is 1. The first-order valence-corrected chi connectivity index (χ1v) is 5.00. The van der Waals surface area contributed by atoms with Gasteiger partial charge in [0, 0.05) is 6.61 Å². The first kappa shape index (κ1) is 9.73. The molecule has 6 heteroatoms. The Kier molecular flexibility index (Phi) is 2.60. The van der Waals surface area contributed by atoms with Gasteiger partial charge in [0.15, 0.2) is 0 Å². The Hall–Kier alpha value is -0.810. The van der Waals surface area contributed by atoms with E-state index < -0.39 is 0 Å². The number of nitrogens with one attached hydrogen (secondary N) is 1. The molecular weight excluding hydrogens is 206 g/mol. The summed E-state index contributed by atoms with van der Waals surface area (Å²) in [4.78, 5) is 0. The standard InChI is InChI=1S/C8H12ClN3O2/c1-8(2-3-13-5-8)10-7-12-11-6(4-9)14-7/h2-5H2,1H3,(H,10,12). The molecule has 1 saturated heterocycles.